The van der Waals surface area contributed by atoms with Gasteiger partial charge in [0.05, 0.1) is 23.7 Å². The maximum Gasteiger partial charge on any atom is 0.319 e. The lowest BCUT2D eigenvalue weighted by atomic mass is 9.89. The Morgan fingerprint density at radius 1 is 1.03 bits per heavy atom. The van der Waals surface area contributed by atoms with Gasteiger partial charge in [-0.15, -0.1) is 4.72 Å². The van der Waals surface area contributed by atoms with Crippen LogP contribution in [0.5, 0.6) is 0 Å². The van der Waals surface area contributed by atoms with E-state index >= 15 is 0 Å². The van der Waals surface area contributed by atoms with Gasteiger partial charge in [0.2, 0.25) is 0 Å². The number of carbonyl (C=O) groups is 2. The van der Waals surface area contributed by atoms with Gasteiger partial charge in [0.25, 0.3) is 16.3 Å². The van der Waals surface area contributed by atoms with Crippen LogP contribution in [0.2, 0.25) is 0 Å². The minimum Gasteiger partial charge on any atom is -0.339 e. The number of likely N-dealkylation sites (tertiary alicyclic amines) is 1. The average Bonchev–Trinajstić information content (AvgIpc) is 2.90. The van der Waals surface area contributed by atoms with Crippen LogP contribution >= 0.6 is 0 Å². The van der Waals surface area contributed by atoms with Crippen molar-refractivity contribution in [2.75, 3.05) is 24.7 Å². The van der Waals surface area contributed by atoms with Gasteiger partial charge in [-0.05, 0) is 78.1 Å². The van der Waals surface area contributed by atoms with E-state index in [0.717, 1.165) is 37.7 Å². The third kappa shape index (κ3) is 7.19. The molecule has 0 spiro atoms. The molecule has 1 saturated carbocycles. The number of urea groups is 1. The van der Waals surface area contributed by atoms with Crippen molar-refractivity contribution in [1.82, 2.24) is 14.9 Å². The highest BCUT2D eigenvalue weighted by atomic mass is 32.3. The first-order valence-electron chi connectivity index (χ1n) is 13.1. The second-order valence-electron chi connectivity index (χ2n) is 10.3. The number of nitrogens with zero attached hydrogens (tertiary/aromatic N) is 2. The molecule has 3 atom stereocenters. The number of nitriles is 1. The Bertz CT molecular complexity index is 1240. The first-order chi connectivity index (χ1) is 18.1. The third-order valence-electron chi connectivity index (χ3n) is 7.48. The molecule has 2 aliphatic rings. The molecule has 38 heavy (non-hydrogen) atoms. The molecule has 9 nitrogen and oxygen atoms in total. The van der Waals surface area contributed by atoms with Crippen molar-refractivity contribution in [3.63, 3.8) is 0 Å². The summed E-state index contributed by atoms with van der Waals surface area (Å²) in [6, 6.07) is 14.2. The first-order valence-corrected chi connectivity index (χ1v) is 15.0. The molecule has 202 valence electrons. The molecule has 4 rings (SSSR count). The van der Waals surface area contributed by atoms with Crippen LogP contribution in [0.25, 0.3) is 0 Å². The molecular weight excluding hydrogens is 502 g/mol. The molecule has 4 N–H and O–H groups in total. The zero-order valence-electron chi connectivity index (χ0n) is 21.9. The van der Waals surface area contributed by atoms with Crippen LogP contribution in [0.1, 0.15) is 71.5 Å². The van der Waals surface area contributed by atoms with E-state index in [1.54, 1.807) is 12.1 Å². The molecule has 2 fully saturated rings. The van der Waals surface area contributed by atoms with Crippen LogP contribution in [-0.2, 0) is 14.6 Å². The summed E-state index contributed by atoms with van der Waals surface area (Å²) in [6.45, 7) is 3.15. The number of carbonyl (C=O) groups excluding carboxylic acids is 2. The van der Waals surface area contributed by atoms with E-state index in [0.29, 0.717) is 42.2 Å². The second kappa shape index (κ2) is 12.1. The Balaban J connectivity index is 1.36. The largest absolute Gasteiger partial charge is 0.339 e. The zero-order valence-corrected chi connectivity index (χ0v) is 22.7. The predicted octanol–water partition coefficient (Wildman–Crippen LogP) is 4.43. The van der Waals surface area contributed by atoms with Crippen LogP contribution in [0.4, 0.5) is 10.5 Å². The topological polar surface area (TPSA) is 135 Å². The third-order valence-corrected chi connectivity index (χ3v) is 8.22. The number of hydrogen-bond acceptors (Lipinski definition) is 4. The van der Waals surface area contributed by atoms with Gasteiger partial charge in [-0.1, -0.05) is 31.0 Å². The van der Waals surface area contributed by atoms with Crippen LogP contribution in [0, 0.1) is 18.3 Å². The van der Waals surface area contributed by atoms with Gasteiger partial charge in [0.1, 0.15) is 0 Å². The van der Waals surface area contributed by atoms with Crippen molar-refractivity contribution in [2.24, 2.45) is 0 Å². The number of amides is 3. The molecule has 2 aromatic carbocycles. The lowest BCUT2D eigenvalue weighted by Crippen LogP contribution is -2.54. The van der Waals surface area contributed by atoms with Crippen LogP contribution in [0.15, 0.2) is 42.5 Å². The van der Waals surface area contributed by atoms with Gasteiger partial charge in [0, 0.05) is 24.3 Å². The van der Waals surface area contributed by atoms with Crippen molar-refractivity contribution < 1.29 is 18.4 Å². The minimum atomic E-state index is -3.13. The van der Waals surface area contributed by atoms with Crippen LogP contribution in [0.3, 0.4) is 0 Å². The van der Waals surface area contributed by atoms with Gasteiger partial charge in [0.15, 0.2) is 6.26 Å². The molecule has 0 aromatic heterocycles. The molecule has 10 heteroatoms. The number of hydrogen-bond donors (Lipinski definition) is 4. The molecule has 1 aliphatic heterocycles. The minimum absolute atomic E-state index is 0.0658. The fourth-order valence-corrected chi connectivity index (χ4v) is 6.21. The number of anilines is 1. The van der Waals surface area contributed by atoms with E-state index in [-0.39, 0.29) is 18.0 Å². The summed E-state index contributed by atoms with van der Waals surface area (Å²) in [4.78, 5) is 28.0. The molecule has 1 unspecified atom stereocenters. The summed E-state index contributed by atoms with van der Waals surface area (Å²) in [5.74, 6) is 0.291. The van der Waals surface area contributed by atoms with Crippen molar-refractivity contribution in [1.29, 1.82) is 5.26 Å². The van der Waals surface area contributed by atoms with E-state index in [1.165, 1.54) is 11.8 Å². The lowest BCUT2D eigenvalue weighted by Gasteiger charge is -2.32. The normalized spacial score (nSPS) is 21.7. The van der Waals surface area contributed by atoms with Gasteiger partial charge >= 0.3 is 6.03 Å². The number of nitrogens with one attached hydrogen (secondary N) is 3. The molecule has 0 bridgehead atoms. The van der Waals surface area contributed by atoms with Crippen molar-refractivity contribution in [2.45, 2.75) is 63.5 Å². The fourth-order valence-electron chi connectivity index (χ4n) is 5.37. The Morgan fingerprint density at radius 3 is 2.32 bits per heavy atom. The lowest BCUT2D eigenvalue weighted by molar-refractivity contribution is 0.0713. The number of aryl methyl sites for hydroxylation is 1. The standard InChI is InChI=1S/C28H35N5O4S/c1-19-7-10-23(27(34)33-15-13-22(14-16-33)21-11-8-20(18-29)9-12-21)17-26(19)31-28(35)30-24-5-3-4-6-25(24)32-38(2,36)37/h7-12,17,22,24-25H,3-6,13-16H2,1-2H3,(H3-,30,31,32,35,36,37)/p+1/t24-,25-/m0/s1. The molecule has 0 radical (unpaired) electrons. The Hall–Kier alpha value is -3.26. The highest BCUT2D eigenvalue weighted by Gasteiger charge is 2.33. The Labute approximate surface area is 225 Å². The van der Waals surface area contributed by atoms with Crippen molar-refractivity contribution in [3.8, 4) is 6.07 Å². The van der Waals surface area contributed by atoms with E-state index in [9.17, 15) is 18.4 Å². The van der Waals surface area contributed by atoms with Gasteiger partial charge < -0.3 is 15.5 Å². The summed E-state index contributed by atoms with van der Waals surface area (Å²) in [6.07, 6.45) is 6.24. The Kier molecular flexibility index (Phi) is 8.82. The molecule has 1 heterocycles. The number of benzene rings is 2. The van der Waals surface area contributed by atoms with Gasteiger partial charge in [-0.3, -0.25) is 4.79 Å². The molecule has 1 aliphatic carbocycles. The highest BCUT2D eigenvalue weighted by Crippen LogP contribution is 2.29. The monoisotopic (exact) mass is 538 g/mol. The summed E-state index contributed by atoms with van der Waals surface area (Å²) >= 11 is 0. The van der Waals surface area contributed by atoms with E-state index in [4.69, 9.17) is 5.26 Å². The summed E-state index contributed by atoms with van der Waals surface area (Å²) in [7, 11) is -3.13. The maximum atomic E-state index is 13.3. The fraction of sp³-hybridized carbons (Fsp3) is 0.464. The van der Waals surface area contributed by atoms with Crippen molar-refractivity contribution >= 4 is 28.0 Å². The average molecular weight is 539 g/mol. The quantitative estimate of drug-likeness (QED) is 0.404. The number of piperidine rings is 1. The second-order valence-corrected chi connectivity index (χ2v) is 12.2. The Morgan fingerprint density at radius 2 is 1.68 bits per heavy atom. The summed E-state index contributed by atoms with van der Waals surface area (Å²) in [5.41, 5.74) is 3.75. The van der Waals surface area contributed by atoms with E-state index in [2.05, 4.69) is 21.4 Å². The first kappa shape index (κ1) is 27.8. The number of rotatable bonds is 6. The van der Waals surface area contributed by atoms with Crippen LogP contribution in [-0.4, -0.2) is 52.8 Å². The van der Waals surface area contributed by atoms with E-state index in [1.807, 2.05) is 42.2 Å². The molecular formula is C28H36N5O4S+. The maximum absolute atomic E-state index is 13.3. The van der Waals surface area contributed by atoms with Gasteiger partial charge in [-0.2, -0.15) is 9.81 Å². The molecule has 1 saturated heterocycles. The zero-order chi connectivity index (χ0) is 27.3. The predicted molar refractivity (Wildman–Crippen MR) is 148 cm³/mol. The van der Waals surface area contributed by atoms with Gasteiger partial charge in [-0.25, -0.2) is 4.79 Å². The van der Waals surface area contributed by atoms with E-state index < -0.39 is 16.4 Å². The summed E-state index contributed by atoms with van der Waals surface area (Å²) in [5, 5.41) is 14.8. The molecule has 2 aromatic rings. The van der Waals surface area contributed by atoms with Crippen LogP contribution < -0.4 is 15.4 Å². The SMILES string of the molecule is Cc1ccc(C(=O)N2CCC(c3ccc(C#N)cc3)CC2)cc1NC(=O)N[C@H]1CCCC[C@@H]1N[S+](C)(=O)O. The van der Waals surface area contributed by atoms with Crippen molar-refractivity contribution in [3.05, 3.63) is 64.7 Å². The summed E-state index contributed by atoms with van der Waals surface area (Å²) < 4.78 is 24.3. The highest BCUT2D eigenvalue weighted by molar-refractivity contribution is 7.95. The molecule has 3 amide bonds. The smallest absolute Gasteiger partial charge is 0.319 e.